The lowest BCUT2D eigenvalue weighted by Crippen LogP contribution is -2.29. The summed E-state index contributed by atoms with van der Waals surface area (Å²) in [5.41, 5.74) is 4.63. The Morgan fingerprint density at radius 1 is 1.36 bits per heavy atom. The average Bonchev–Trinajstić information content (AvgIpc) is 2.74. The maximum absolute atomic E-state index is 5.47. The molecule has 0 aliphatic carbocycles. The van der Waals surface area contributed by atoms with Crippen LogP contribution in [0.3, 0.4) is 0 Å². The number of hydrogen-bond acceptors (Lipinski definition) is 4. The SMILES string of the molecule is NNC(c1cncnc1)c1ccc[nH]1. The van der Waals surface area contributed by atoms with Crippen molar-refractivity contribution in [3.05, 3.63) is 48.3 Å². The molecule has 0 amide bonds. The monoisotopic (exact) mass is 189 g/mol. The molecule has 0 aromatic carbocycles. The lowest BCUT2D eigenvalue weighted by Gasteiger charge is -2.13. The lowest BCUT2D eigenvalue weighted by atomic mass is 10.1. The summed E-state index contributed by atoms with van der Waals surface area (Å²) in [5.74, 6) is 5.47. The van der Waals surface area contributed by atoms with E-state index in [9.17, 15) is 0 Å². The Balaban J connectivity index is 2.31. The minimum Gasteiger partial charge on any atom is -0.363 e. The Labute approximate surface area is 81.4 Å². The highest BCUT2D eigenvalue weighted by Crippen LogP contribution is 2.17. The number of hydrazine groups is 1. The van der Waals surface area contributed by atoms with Gasteiger partial charge < -0.3 is 4.98 Å². The third-order valence-electron chi connectivity index (χ3n) is 2.01. The van der Waals surface area contributed by atoms with Crippen LogP contribution in [0.1, 0.15) is 17.3 Å². The van der Waals surface area contributed by atoms with Crippen molar-refractivity contribution in [1.29, 1.82) is 0 Å². The molecule has 0 radical (unpaired) electrons. The van der Waals surface area contributed by atoms with Gasteiger partial charge in [0.1, 0.15) is 6.33 Å². The van der Waals surface area contributed by atoms with E-state index >= 15 is 0 Å². The minimum atomic E-state index is -0.0915. The van der Waals surface area contributed by atoms with Crippen LogP contribution in [0.15, 0.2) is 37.1 Å². The lowest BCUT2D eigenvalue weighted by molar-refractivity contribution is 0.619. The largest absolute Gasteiger partial charge is 0.363 e. The van der Waals surface area contributed by atoms with Crippen molar-refractivity contribution in [2.24, 2.45) is 5.84 Å². The second kappa shape index (κ2) is 3.99. The molecule has 2 rings (SSSR count). The Bertz CT molecular complexity index is 369. The number of hydrogen-bond donors (Lipinski definition) is 3. The first-order valence-corrected chi connectivity index (χ1v) is 4.26. The highest BCUT2D eigenvalue weighted by atomic mass is 15.2. The standard InChI is InChI=1S/C9H11N5/c10-14-9(8-2-1-3-13-8)7-4-11-6-12-5-7/h1-6,9,13-14H,10H2. The van der Waals surface area contributed by atoms with Crippen LogP contribution in [0.25, 0.3) is 0 Å². The van der Waals surface area contributed by atoms with Crippen molar-refractivity contribution in [2.75, 3.05) is 0 Å². The van der Waals surface area contributed by atoms with Gasteiger partial charge >= 0.3 is 0 Å². The molecule has 1 unspecified atom stereocenters. The first kappa shape index (κ1) is 8.86. The summed E-state index contributed by atoms with van der Waals surface area (Å²) in [5, 5.41) is 0. The second-order valence-corrected chi connectivity index (χ2v) is 2.90. The van der Waals surface area contributed by atoms with Crippen molar-refractivity contribution in [2.45, 2.75) is 6.04 Å². The maximum Gasteiger partial charge on any atom is 0.115 e. The van der Waals surface area contributed by atoms with Crippen LogP contribution in [0.2, 0.25) is 0 Å². The molecular weight excluding hydrogens is 178 g/mol. The molecule has 0 saturated carbocycles. The molecule has 0 aliphatic heterocycles. The summed E-state index contributed by atoms with van der Waals surface area (Å²) >= 11 is 0. The van der Waals surface area contributed by atoms with E-state index < -0.39 is 0 Å². The summed E-state index contributed by atoms with van der Waals surface area (Å²) in [4.78, 5) is 11.0. The van der Waals surface area contributed by atoms with Gasteiger partial charge in [0, 0.05) is 29.8 Å². The second-order valence-electron chi connectivity index (χ2n) is 2.90. The summed E-state index contributed by atoms with van der Waals surface area (Å²) in [6, 6.07) is 3.78. The minimum absolute atomic E-state index is 0.0915. The van der Waals surface area contributed by atoms with E-state index in [4.69, 9.17) is 5.84 Å². The van der Waals surface area contributed by atoms with Crippen LogP contribution >= 0.6 is 0 Å². The van der Waals surface area contributed by atoms with E-state index in [2.05, 4.69) is 20.4 Å². The van der Waals surface area contributed by atoms with Gasteiger partial charge in [-0.1, -0.05) is 0 Å². The van der Waals surface area contributed by atoms with E-state index in [0.29, 0.717) is 0 Å². The van der Waals surface area contributed by atoms with Crippen molar-refractivity contribution >= 4 is 0 Å². The number of nitrogens with zero attached hydrogens (tertiary/aromatic N) is 2. The van der Waals surface area contributed by atoms with E-state index in [1.165, 1.54) is 6.33 Å². The van der Waals surface area contributed by atoms with Crippen molar-refractivity contribution in [3.8, 4) is 0 Å². The topological polar surface area (TPSA) is 79.6 Å². The Morgan fingerprint density at radius 3 is 2.71 bits per heavy atom. The van der Waals surface area contributed by atoms with Gasteiger partial charge in [0.25, 0.3) is 0 Å². The molecule has 2 aromatic rings. The molecule has 0 aliphatic rings. The van der Waals surface area contributed by atoms with Crippen LogP contribution in [-0.4, -0.2) is 15.0 Å². The molecule has 0 saturated heterocycles. The van der Waals surface area contributed by atoms with E-state index in [-0.39, 0.29) is 6.04 Å². The number of nitrogens with one attached hydrogen (secondary N) is 2. The van der Waals surface area contributed by atoms with Crippen LogP contribution < -0.4 is 11.3 Å². The number of H-pyrrole nitrogens is 1. The first-order chi connectivity index (χ1) is 6.92. The molecule has 2 heterocycles. The third-order valence-corrected chi connectivity index (χ3v) is 2.01. The van der Waals surface area contributed by atoms with Crippen molar-refractivity contribution < 1.29 is 0 Å². The van der Waals surface area contributed by atoms with Gasteiger partial charge in [0.05, 0.1) is 6.04 Å². The van der Waals surface area contributed by atoms with Crippen molar-refractivity contribution in [3.63, 3.8) is 0 Å². The predicted octanol–water partition coefficient (Wildman–Crippen LogP) is 0.357. The van der Waals surface area contributed by atoms with Crippen LogP contribution in [0.5, 0.6) is 0 Å². The van der Waals surface area contributed by atoms with Crippen LogP contribution in [0.4, 0.5) is 0 Å². The van der Waals surface area contributed by atoms with Crippen LogP contribution in [-0.2, 0) is 0 Å². The Morgan fingerprint density at radius 2 is 2.14 bits per heavy atom. The Kier molecular flexibility index (Phi) is 2.53. The molecule has 0 spiro atoms. The fourth-order valence-electron chi connectivity index (χ4n) is 1.35. The zero-order valence-corrected chi connectivity index (χ0v) is 7.51. The molecule has 0 bridgehead atoms. The first-order valence-electron chi connectivity index (χ1n) is 4.26. The molecule has 5 heteroatoms. The molecule has 4 N–H and O–H groups in total. The van der Waals surface area contributed by atoms with Gasteiger partial charge in [-0.3, -0.25) is 5.84 Å². The quantitative estimate of drug-likeness (QED) is 0.481. The molecule has 2 aromatic heterocycles. The van der Waals surface area contributed by atoms with Gasteiger partial charge in [-0.05, 0) is 12.1 Å². The number of aromatic amines is 1. The van der Waals surface area contributed by atoms with Gasteiger partial charge in [-0.15, -0.1) is 0 Å². The highest BCUT2D eigenvalue weighted by Gasteiger charge is 2.12. The fourth-order valence-corrected chi connectivity index (χ4v) is 1.35. The molecule has 14 heavy (non-hydrogen) atoms. The van der Waals surface area contributed by atoms with E-state index in [1.54, 1.807) is 12.4 Å². The normalized spacial score (nSPS) is 12.6. The van der Waals surface area contributed by atoms with Gasteiger partial charge in [0.15, 0.2) is 0 Å². The summed E-state index contributed by atoms with van der Waals surface area (Å²) in [6.07, 6.45) is 6.81. The van der Waals surface area contributed by atoms with E-state index in [1.807, 2.05) is 18.3 Å². The summed E-state index contributed by atoms with van der Waals surface area (Å²) in [7, 11) is 0. The van der Waals surface area contributed by atoms with Gasteiger partial charge in [-0.2, -0.15) is 0 Å². The predicted molar refractivity (Wildman–Crippen MR) is 52.0 cm³/mol. The van der Waals surface area contributed by atoms with Gasteiger partial charge in [0.2, 0.25) is 0 Å². The molecule has 0 fully saturated rings. The molecule has 72 valence electrons. The molecule has 1 atom stereocenters. The molecular formula is C9H11N5. The highest BCUT2D eigenvalue weighted by molar-refractivity contribution is 5.22. The fraction of sp³-hybridized carbons (Fsp3) is 0.111. The summed E-state index contributed by atoms with van der Waals surface area (Å²) < 4.78 is 0. The van der Waals surface area contributed by atoms with E-state index in [0.717, 1.165) is 11.3 Å². The van der Waals surface area contributed by atoms with Crippen LogP contribution in [0, 0.1) is 0 Å². The van der Waals surface area contributed by atoms with Gasteiger partial charge in [-0.25, -0.2) is 15.4 Å². The summed E-state index contributed by atoms with van der Waals surface area (Å²) in [6.45, 7) is 0. The number of rotatable bonds is 3. The maximum atomic E-state index is 5.47. The zero-order valence-electron chi connectivity index (χ0n) is 7.51. The smallest absolute Gasteiger partial charge is 0.115 e. The third kappa shape index (κ3) is 1.63. The number of aromatic nitrogens is 3. The number of nitrogens with two attached hydrogens (primary N) is 1. The molecule has 5 nitrogen and oxygen atoms in total. The average molecular weight is 189 g/mol. The Hall–Kier alpha value is -1.72. The van der Waals surface area contributed by atoms with Crippen molar-refractivity contribution in [1.82, 2.24) is 20.4 Å². The zero-order chi connectivity index (χ0) is 9.80.